The van der Waals surface area contributed by atoms with Crippen molar-refractivity contribution in [2.45, 2.75) is 38.1 Å². The standard InChI is InChI=1S/C25H25N3O3S2/c1-18-5-8-21(9-6-18)33(30,31)15-3-4-24(29)28(17-20-11-13-26-14-12-20)25-27-22-10-7-19(2)16-23(22)32-25/h5-14,16H,3-4,15,17H2,1-2H3. The van der Waals surface area contributed by atoms with Gasteiger partial charge >= 0.3 is 0 Å². The van der Waals surface area contributed by atoms with Crippen molar-refractivity contribution in [2.75, 3.05) is 10.7 Å². The highest BCUT2D eigenvalue weighted by molar-refractivity contribution is 7.91. The Morgan fingerprint density at radius 2 is 1.67 bits per heavy atom. The second kappa shape index (κ2) is 9.80. The van der Waals surface area contributed by atoms with Crippen molar-refractivity contribution in [1.29, 1.82) is 0 Å². The van der Waals surface area contributed by atoms with Crippen LogP contribution in [0.15, 0.2) is 71.9 Å². The fraction of sp³-hybridized carbons (Fsp3) is 0.240. The Morgan fingerprint density at radius 3 is 2.39 bits per heavy atom. The fourth-order valence-electron chi connectivity index (χ4n) is 3.48. The topological polar surface area (TPSA) is 80.2 Å². The second-order valence-electron chi connectivity index (χ2n) is 8.04. The molecule has 0 atom stereocenters. The molecular formula is C25H25N3O3S2. The zero-order chi connectivity index (χ0) is 23.4. The second-order valence-corrected chi connectivity index (χ2v) is 11.2. The van der Waals surface area contributed by atoms with E-state index in [9.17, 15) is 13.2 Å². The summed E-state index contributed by atoms with van der Waals surface area (Å²) in [6.07, 6.45) is 3.73. The molecule has 0 saturated heterocycles. The van der Waals surface area contributed by atoms with Crippen molar-refractivity contribution in [3.05, 3.63) is 83.7 Å². The molecule has 0 N–H and O–H groups in total. The van der Waals surface area contributed by atoms with Gasteiger partial charge in [0, 0.05) is 18.8 Å². The predicted octanol–water partition coefficient (Wildman–Crippen LogP) is 5.10. The Kier molecular flexibility index (Phi) is 6.85. The molecule has 0 spiro atoms. The molecule has 4 rings (SSSR count). The van der Waals surface area contributed by atoms with Gasteiger partial charge in [0.05, 0.1) is 27.4 Å². The molecule has 170 valence electrons. The van der Waals surface area contributed by atoms with Crippen LogP contribution in [0.25, 0.3) is 10.2 Å². The first-order valence-corrected chi connectivity index (χ1v) is 13.1. The smallest absolute Gasteiger partial charge is 0.229 e. The number of aryl methyl sites for hydroxylation is 2. The molecule has 0 radical (unpaired) electrons. The summed E-state index contributed by atoms with van der Waals surface area (Å²) >= 11 is 1.46. The first-order chi connectivity index (χ1) is 15.8. The molecule has 2 aromatic carbocycles. The van der Waals surface area contributed by atoms with E-state index in [0.717, 1.165) is 26.9 Å². The highest BCUT2D eigenvalue weighted by Gasteiger charge is 2.22. The van der Waals surface area contributed by atoms with E-state index in [4.69, 9.17) is 0 Å². The lowest BCUT2D eigenvalue weighted by atomic mass is 10.2. The average Bonchev–Trinajstić information content (AvgIpc) is 3.21. The van der Waals surface area contributed by atoms with E-state index in [1.54, 1.807) is 41.6 Å². The lowest BCUT2D eigenvalue weighted by molar-refractivity contribution is -0.118. The molecule has 0 fully saturated rings. The molecule has 0 aliphatic heterocycles. The Hall–Kier alpha value is -3.10. The highest BCUT2D eigenvalue weighted by atomic mass is 32.2. The summed E-state index contributed by atoms with van der Waals surface area (Å²) in [6.45, 7) is 4.29. The molecule has 0 unspecified atom stereocenters. The first-order valence-electron chi connectivity index (χ1n) is 10.7. The van der Waals surface area contributed by atoms with Crippen molar-refractivity contribution in [3.63, 3.8) is 0 Å². The minimum Gasteiger partial charge on any atom is -0.284 e. The summed E-state index contributed by atoms with van der Waals surface area (Å²) in [5, 5.41) is 0.610. The predicted molar refractivity (Wildman–Crippen MR) is 132 cm³/mol. The van der Waals surface area contributed by atoms with Crippen LogP contribution in [0.2, 0.25) is 0 Å². The van der Waals surface area contributed by atoms with Crippen LogP contribution in [0.3, 0.4) is 0 Å². The molecule has 0 bridgehead atoms. The van der Waals surface area contributed by atoms with Gasteiger partial charge in [-0.1, -0.05) is 35.1 Å². The zero-order valence-electron chi connectivity index (χ0n) is 18.6. The van der Waals surface area contributed by atoms with Crippen LogP contribution in [-0.4, -0.2) is 30.0 Å². The van der Waals surface area contributed by atoms with Crippen LogP contribution in [0, 0.1) is 13.8 Å². The van der Waals surface area contributed by atoms with E-state index in [-0.39, 0.29) is 29.4 Å². The number of anilines is 1. The van der Waals surface area contributed by atoms with Crippen LogP contribution in [0.4, 0.5) is 5.13 Å². The SMILES string of the molecule is Cc1ccc(S(=O)(=O)CCCC(=O)N(Cc2ccncc2)c2nc3ccc(C)cc3s2)cc1. The van der Waals surface area contributed by atoms with E-state index in [1.807, 2.05) is 38.1 Å². The summed E-state index contributed by atoms with van der Waals surface area (Å²) in [7, 11) is -3.44. The normalized spacial score (nSPS) is 11.6. The highest BCUT2D eigenvalue weighted by Crippen LogP contribution is 2.31. The van der Waals surface area contributed by atoms with E-state index in [1.165, 1.54) is 11.3 Å². The average molecular weight is 480 g/mol. The third-order valence-corrected chi connectivity index (χ3v) is 8.20. The fourth-order valence-corrected chi connectivity index (χ4v) is 5.87. The van der Waals surface area contributed by atoms with Gasteiger partial charge in [0.2, 0.25) is 5.91 Å². The molecule has 2 heterocycles. The molecule has 1 amide bonds. The molecular weight excluding hydrogens is 454 g/mol. The number of benzene rings is 2. The van der Waals surface area contributed by atoms with E-state index in [0.29, 0.717) is 11.7 Å². The monoisotopic (exact) mass is 479 g/mol. The first kappa shape index (κ1) is 23.1. The minimum absolute atomic E-state index is 0.0794. The van der Waals surface area contributed by atoms with Crippen molar-refractivity contribution in [3.8, 4) is 0 Å². The number of hydrogen-bond acceptors (Lipinski definition) is 6. The van der Waals surface area contributed by atoms with Crippen molar-refractivity contribution in [2.24, 2.45) is 0 Å². The zero-order valence-corrected chi connectivity index (χ0v) is 20.2. The molecule has 8 heteroatoms. The summed E-state index contributed by atoms with van der Waals surface area (Å²) in [5.41, 5.74) is 3.91. The van der Waals surface area contributed by atoms with E-state index < -0.39 is 9.84 Å². The van der Waals surface area contributed by atoms with Gasteiger partial charge < -0.3 is 0 Å². The quantitative estimate of drug-likeness (QED) is 0.351. The number of carbonyl (C=O) groups is 1. The van der Waals surface area contributed by atoms with Gasteiger partial charge in [-0.05, 0) is 67.8 Å². The summed E-state index contributed by atoms with van der Waals surface area (Å²) in [4.78, 5) is 23.9. The van der Waals surface area contributed by atoms with Gasteiger partial charge in [0.1, 0.15) is 0 Å². The number of sulfone groups is 1. The number of nitrogens with zero attached hydrogens (tertiary/aromatic N) is 3. The van der Waals surface area contributed by atoms with Gasteiger partial charge in [0.25, 0.3) is 0 Å². The number of thiazole rings is 1. The number of carbonyl (C=O) groups excluding carboxylic acids is 1. The number of hydrogen-bond donors (Lipinski definition) is 0. The van der Waals surface area contributed by atoms with Gasteiger partial charge in [-0.2, -0.15) is 0 Å². The molecule has 6 nitrogen and oxygen atoms in total. The maximum atomic E-state index is 13.2. The van der Waals surface area contributed by atoms with Gasteiger partial charge in [-0.3, -0.25) is 14.7 Å². The van der Waals surface area contributed by atoms with Crippen molar-refractivity contribution in [1.82, 2.24) is 9.97 Å². The Balaban J connectivity index is 1.52. The minimum atomic E-state index is -3.44. The lowest BCUT2D eigenvalue weighted by Gasteiger charge is -2.20. The molecule has 4 aromatic rings. The number of fused-ring (bicyclic) bond motifs is 1. The van der Waals surface area contributed by atoms with Crippen molar-refractivity contribution < 1.29 is 13.2 Å². The van der Waals surface area contributed by atoms with E-state index >= 15 is 0 Å². The van der Waals surface area contributed by atoms with Crippen molar-refractivity contribution >= 4 is 42.4 Å². The van der Waals surface area contributed by atoms with E-state index in [2.05, 4.69) is 16.0 Å². The third kappa shape index (κ3) is 5.64. The molecule has 2 aromatic heterocycles. The molecule has 0 saturated carbocycles. The van der Waals surface area contributed by atoms with Crippen LogP contribution in [0.5, 0.6) is 0 Å². The largest absolute Gasteiger partial charge is 0.284 e. The van der Waals surface area contributed by atoms with Crippen LogP contribution in [-0.2, 0) is 21.2 Å². The summed E-state index contributed by atoms with van der Waals surface area (Å²) in [5.74, 6) is -0.231. The van der Waals surface area contributed by atoms with Gasteiger partial charge in [0.15, 0.2) is 15.0 Å². The van der Waals surface area contributed by atoms with Crippen LogP contribution >= 0.6 is 11.3 Å². The van der Waals surface area contributed by atoms with Crippen LogP contribution in [0.1, 0.15) is 29.5 Å². The lowest BCUT2D eigenvalue weighted by Crippen LogP contribution is -2.30. The van der Waals surface area contributed by atoms with Crippen LogP contribution < -0.4 is 4.90 Å². The third-order valence-electron chi connectivity index (χ3n) is 5.34. The molecule has 0 aliphatic carbocycles. The number of rotatable bonds is 8. The Morgan fingerprint density at radius 1 is 0.970 bits per heavy atom. The Labute approximate surface area is 197 Å². The summed E-state index contributed by atoms with van der Waals surface area (Å²) in [6, 6.07) is 16.5. The molecule has 33 heavy (non-hydrogen) atoms. The molecule has 0 aliphatic rings. The maximum absolute atomic E-state index is 13.2. The maximum Gasteiger partial charge on any atom is 0.229 e. The number of pyridine rings is 1. The number of aromatic nitrogens is 2. The summed E-state index contributed by atoms with van der Waals surface area (Å²) < 4.78 is 26.3. The van der Waals surface area contributed by atoms with Gasteiger partial charge in [-0.15, -0.1) is 0 Å². The Bertz CT molecular complexity index is 1370. The van der Waals surface area contributed by atoms with Gasteiger partial charge in [-0.25, -0.2) is 13.4 Å². The number of amides is 1.